The molecule has 1 fully saturated rings. The summed E-state index contributed by atoms with van der Waals surface area (Å²) < 4.78 is 5.56. The summed E-state index contributed by atoms with van der Waals surface area (Å²) in [5.74, 6) is 7.12. The van der Waals surface area contributed by atoms with E-state index in [9.17, 15) is 0 Å². The van der Waals surface area contributed by atoms with E-state index in [1.54, 1.807) is 0 Å². The van der Waals surface area contributed by atoms with Crippen molar-refractivity contribution in [3.8, 4) is 6.01 Å². The first-order valence-corrected chi connectivity index (χ1v) is 7.15. The first-order valence-electron chi connectivity index (χ1n) is 7.15. The molecular formula is C13H24N6O. The lowest BCUT2D eigenvalue weighted by atomic mass is 10.3. The second-order valence-corrected chi connectivity index (χ2v) is 5.74. The van der Waals surface area contributed by atoms with Gasteiger partial charge in [-0.15, -0.1) is 0 Å². The molecule has 7 nitrogen and oxygen atoms in total. The van der Waals surface area contributed by atoms with E-state index in [1.807, 2.05) is 13.8 Å². The van der Waals surface area contributed by atoms with E-state index in [0.29, 0.717) is 23.9 Å². The number of nitrogen functional groups attached to an aromatic ring is 1. The highest BCUT2D eigenvalue weighted by Gasteiger charge is 2.27. The minimum atomic E-state index is 0.00630. The highest BCUT2D eigenvalue weighted by atomic mass is 16.5. The molecule has 112 valence electrons. The molecule has 1 aromatic heterocycles. The van der Waals surface area contributed by atoms with Gasteiger partial charge in [0.2, 0.25) is 11.9 Å². The number of hydrogen-bond acceptors (Lipinski definition) is 7. The molecule has 0 aromatic carbocycles. The Morgan fingerprint density at radius 3 is 2.45 bits per heavy atom. The fourth-order valence-electron chi connectivity index (χ4n) is 1.90. The van der Waals surface area contributed by atoms with Crippen molar-refractivity contribution in [3.63, 3.8) is 0 Å². The first-order chi connectivity index (χ1) is 9.49. The summed E-state index contributed by atoms with van der Waals surface area (Å²) in [6.07, 6.45) is 2.57. The summed E-state index contributed by atoms with van der Waals surface area (Å²) in [5, 5.41) is 0. The average molecular weight is 280 g/mol. The van der Waals surface area contributed by atoms with Crippen molar-refractivity contribution in [2.75, 3.05) is 16.9 Å². The smallest absolute Gasteiger partial charge is 0.323 e. The van der Waals surface area contributed by atoms with Crippen LogP contribution in [0.25, 0.3) is 0 Å². The van der Waals surface area contributed by atoms with Crippen LogP contribution in [0.15, 0.2) is 0 Å². The fraction of sp³-hybridized carbons (Fsp3) is 0.769. The molecule has 0 unspecified atom stereocenters. The summed E-state index contributed by atoms with van der Waals surface area (Å²) in [6.45, 7) is 9.09. The first kappa shape index (κ1) is 14.8. The number of nitrogens with two attached hydrogens (primary N) is 1. The standard InChI is InChI=1S/C13H24N6O/c1-8(2)19(7-10-5-6-10)12-15-11(18-14)16-13(17-12)20-9(3)4/h8-10H,5-7,14H2,1-4H3,(H,15,16,17,18). The Morgan fingerprint density at radius 2 is 1.95 bits per heavy atom. The van der Waals surface area contributed by atoms with Gasteiger partial charge in [-0.25, -0.2) is 5.84 Å². The van der Waals surface area contributed by atoms with Gasteiger partial charge in [0.15, 0.2) is 0 Å². The summed E-state index contributed by atoms with van der Waals surface area (Å²) in [6, 6.07) is 0.620. The molecule has 7 heteroatoms. The highest BCUT2D eigenvalue weighted by Crippen LogP contribution is 2.31. The van der Waals surface area contributed by atoms with E-state index in [-0.39, 0.29) is 6.10 Å². The van der Waals surface area contributed by atoms with E-state index in [1.165, 1.54) is 12.8 Å². The van der Waals surface area contributed by atoms with E-state index in [0.717, 1.165) is 12.5 Å². The van der Waals surface area contributed by atoms with Crippen molar-refractivity contribution < 1.29 is 4.74 Å². The lowest BCUT2D eigenvalue weighted by Gasteiger charge is -2.27. The van der Waals surface area contributed by atoms with Gasteiger partial charge in [0, 0.05) is 12.6 Å². The monoisotopic (exact) mass is 280 g/mol. The van der Waals surface area contributed by atoms with Crippen molar-refractivity contribution in [1.82, 2.24) is 15.0 Å². The molecule has 0 amide bonds. The zero-order chi connectivity index (χ0) is 14.7. The van der Waals surface area contributed by atoms with Gasteiger partial charge in [0.25, 0.3) is 0 Å². The molecule has 0 bridgehead atoms. The van der Waals surface area contributed by atoms with Gasteiger partial charge in [-0.2, -0.15) is 15.0 Å². The van der Waals surface area contributed by atoms with Crippen LogP contribution in [-0.2, 0) is 0 Å². The maximum atomic E-state index is 5.56. The van der Waals surface area contributed by atoms with Crippen molar-refractivity contribution in [3.05, 3.63) is 0 Å². The number of nitrogens with one attached hydrogen (secondary N) is 1. The summed E-state index contributed by atoms with van der Waals surface area (Å²) in [5.41, 5.74) is 2.47. The molecule has 0 aliphatic heterocycles. The number of hydrazine groups is 1. The van der Waals surface area contributed by atoms with Crippen LogP contribution < -0.4 is 20.9 Å². The number of aromatic nitrogens is 3. The molecule has 1 aromatic rings. The summed E-state index contributed by atoms with van der Waals surface area (Å²) in [4.78, 5) is 15.1. The molecule has 0 atom stereocenters. The third kappa shape index (κ3) is 3.93. The molecule has 1 aliphatic carbocycles. The van der Waals surface area contributed by atoms with Crippen LogP contribution in [-0.4, -0.2) is 33.6 Å². The van der Waals surface area contributed by atoms with Crippen LogP contribution in [0, 0.1) is 5.92 Å². The number of ether oxygens (including phenoxy) is 1. The Bertz CT molecular complexity index is 446. The van der Waals surface area contributed by atoms with Crippen molar-refractivity contribution in [2.24, 2.45) is 11.8 Å². The van der Waals surface area contributed by atoms with Crippen LogP contribution in [0.4, 0.5) is 11.9 Å². The molecule has 2 rings (SSSR count). The van der Waals surface area contributed by atoms with E-state index >= 15 is 0 Å². The van der Waals surface area contributed by atoms with Gasteiger partial charge in [-0.1, -0.05) is 0 Å². The van der Waals surface area contributed by atoms with E-state index in [4.69, 9.17) is 10.6 Å². The Balaban J connectivity index is 2.26. The molecule has 0 radical (unpaired) electrons. The minimum absolute atomic E-state index is 0.00630. The normalized spacial score (nSPS) is 14.8. The topological polar surface area (TPSA) is 89.2 Å². The summed E-state index contributed by atoms with van der Waals surface area (Å²) >= 11 is 0. The number of hydrogen-bond donors (Lipinski definition) is 2. The zero-order valence-electron chi connectivity index (χ0n) is 12.6. The maximum absolute atomic E-state index is 5.56. The Hall–Kier alpha value is -1.63. The number of anilines is 2. The largest absolute Gasteiger partial charge is 0.461 e. The second kappa shape index (κ2) is 6.21. The lowest BCUT2D eigenvalue weighted by Crippen LogP contribution is -2.35. The summed E-state index contributed by atoms with van der Waals surface area (Å²) in [7, 11) is 0. The average Bonchev–Trinajstić information content (AvgIpc) is 3.18. The van der Waals surface area contributed by atoms with Crippen molar-refractivity contribution in [1.29, 1.82) is 0 Å². The van der Waals surface area contributed by atoms with Crippen LogP contribution in [0.5, 0.6) is 6.01 Å². The lowest BCUT2D eigenvalue weighted by molar-refractivity contribution is 0.222. The quantitative estimate of drug-likeness (QED) is 0.579. The Labute approximate surface area is 119 Å². The van der Waals surface area contributed by atoms with Gasteiger partial charge < -0.3 is 9.64 Å². The van der Waals surface area contributed by atoms with Crippen molar-refractivity contribution >= 4 is 11.9 Å². The fourth-order valence-corrected chi connectivity index (χ4v) is 1.90. The number of rotatable bonds is 7. The third-order valence-electron chi connectivity index (χ3n) is 3.11. The highest BCUT2D eigenvalue weighted by molar-refractivity contribution is 5.38. The molecule has 3 N–H and O–H groups in total. The van der Waals surface area contributed by atoms with E-state index < -0.39 is 0 Å². The molecule has 0 saturated heterocycles. The molecule has 1 aliphatic rings. The van der Waals surface area contributed by atoms with Crippen molar-refractivity contribution in [2.45, 2.75) is 52.7 Å². The van der Waals surface area contributed by atoms with Gasteiger partial charge in [-0.05, 0) is 46.5 Å². The van der Waals surface area contributed by atoms with Gasteiger partial charge in [0.05, 0.1) is 6.10 Å². The molecule has 1 saturated carbocycles. The Kier molecular flexibility index (Phi) is 4.59. The zero-order valence-corrected chi connectivity index (χ0v) is 12.6. The third-order valence-corrected chi connectivity index (χ3v) is 3.11. The van der Waals surface area contributed by atoms with Crippen LogP contribution in [0.1, 0.15) is 40.5 Å². The molecule has 1 heterocycles. The maximum Gasteiger partial charge on any atom is 0.323 e. The number of nitrogens with zero attached hydrogens (tertiary/aromatic N) is 4. The van der Waals surface area contributed by atoms with Gasteiger partial charge >= 0.3 is 6.01 Å². The minimum Gasteiger partial charge on any atom is -0.461 e. The second-order valence-electron chi connectivity index (χ2n) is 5.74. The van der Waals surface area contributed by atoms with Crippen LogP contribution >= 0.6 is 0 Å². The van der Waals surface area contributed by atoms with Crippen LogP contribution in [0.2, 0.25) is 0 Å². The molecular weight excluding hydrogens is 256 g/mol. The van der Waals surface area contributed by atoms with E-state index in [2.05, 4.69) is 39.1 Å². The van der Waals surface area contributed by atoms with Gasteiger partial charge in [0.1, 0.15) is 0 Å². The molecule has 20 heavy (non-hydrogen) atoms. The van der Waals surface area contributed by atoms with Gasteiger partial charge in [-0.3, -0.25) is 5.43 Å². The van der Waals surface area contributed by atoms with Crippen LogP contribution in [0.3, 0.4) is 0 Å². The molecule has 0 spiro atoms. The SMILES string of the molecule is CC(C)Oc1nc(NN)nc(N(CC2CC2)C(C)C)n1. The predicted octanol–water partition coefficient (Wildman–Crippen LogP) is 1.57. The predicted molar refractivity (Wildman–Crippen MR) is 78.6 cm³/mol. The Morgan fingerprint density at radius 1 is 1.25 bits per heavy atom.